The Morgan fingerprint density at radius 3 is 2.36 bits per heavy atom. The van der Waals surface area contributed by atoms with Crippen molar-refractivity contribution in [3.8, 4) is 0 Å². The zero-order chi connectivity index (χ0) is 16.2. The van der Waals surface area contributed by atoms with E-state index in [1.165, 1.54) is 30.5 Å². The second kappa shape index (κ2) is 6.64. The molecule has 2 aromatic rings. The predicted octanol–water partition coefficient (Wildman–Crippen LogP) is 3.55. The van der Waals surface area contributed by atoms with E-state index in [0.717, 1.165) is 12.1 Å². The molecule has 0 bridgehead atoms. The number of amides is 1. The number of carbonyl (C=O) groups excluding carboxylic acids is 1. The van der Waals surface area contributed by atoms with Crippen LogP contribution in [0.2, 0.25) is 0 Å². The molecule has 1 heterocycles. The zero-order valence-corrected chi connectivity index (χ0v) is 11.4. The predicted molar refractivity (Wildman–Crippen MR) is 70.3 cm³/mol. The Morgan fingerprint density at radius 1 is 1.14 bits per heavy atom. The largest absolute Gasteiger partial charge is 0.467 e. The normalized spacial score (nSPS) is 11.5. The lowest BCUT2D eigenvalue weighted by molar-refractivity contribution is -0.162. The number of alkyl halides is 3. The van der Waals surface area contributed by atoms with Gasteiger partial charge in [0, 0.05) is 0 Å². The number of nitrogens with zero attached hydrogens (tertiary/aromatic N) is 1. The number of hydrogen-bond donors (Lipinski definition) is 0. The van der Waals surface area contributed by atoms with Crippen LogP contribution in [0.4, 0.5) is 17.6 Å². The van der Waals surface area contributed by atoms with Gasteiger partial charge in [-0.15, -0.1) is 0 Å². The van der Waals surface area contributed by atoms with E-state index in [2.05, 4.69) is 0 Å². The maximum atomic E-state index is 12.8. The average molecular weight is 315 g/mol. The van der Waals surface area contributed by atoms with Crippen LogP contribution >= 0.6 is 0 Å². The molecule has 0 spiro atoms. The van der Waals surface area contributed by atoms with Gasteiger partial charge in [-0.1, -0.05) is 12.1 Å². The molecule has 0 saturated heterocycles. The smallest absolute Gasteiger partial charge is 0.406 e. The quantitative estimate of drug-likeness (QED) is 0.791. The molecule has 0 saturated carbocycles. The fourth-order valence-corrected chi connectivity index (χ4v) is 1.93. The van der Waals surface area contributed by atoms with Gasteiger partial charge in [-0.2, -0.15) is 13.2 Å². The van der Waals surface area contributed by atoms with Crippen molar-refractivity contribution in [2.24, 2.45) is 0 Å². The molecular weight excluding hydrogens is 302 g/mol. The third-order valence-electron chi connectivity index (χ3n) is 2.92. The fourth-order valence-electron chi connectivity index (χ4n) is 1.93. The summed E-state index contributed by atoms with van der Waals surface area (Å²) in [5.41, 5.74) is 0.443. The topological polar surface area (TPSA) is 33.5 Å². The Morgan fingerprint density at radius 2 is 1.82 bits per heavy atom. The minimum atomic E-state index is -4.51. The summed E-state index contributed by atoms with van der Waals surface area (Å²) in [6.45, 7) is -1.64. The standard InChI is InChI=1S/C15H13F4NO2/c16-12-5-3-11(4-6-12)8-14(21)20(10-15(17,18)19)9-13-2-1-7-22-13/h1-7H,8-10H2. The summed E-state index contributed by atoms with van der Waals surface area (Å²) in [4.78, 5) is 12.8. The van der Waals surface area contributed by atoms with Crippen molar-refractivity contribution in [1.29, 1.82) is 0 Å². The van der Waals surface area contributed by atoms with E-state index in [0.29, 0.717) is 10.5 Å². The Hall–Kier alpha value is -2.31. The van der Waals surface area contributed by atoms with Gasteiger partial charge >= 0.3 is 6.18 Å². The van der Waals surface area contributed by atoms with E-state index in [-0.39, 0.29) is 18.7 Å². The highest BCUT2D eigenvalue weighted by atomic mass is 19.4. The highest BCUT2D eigenvalue weighted by molar-refractivity contribution is 5.78. The van der Waals surface area contributed by atoms with Gasteiger partial charge in [0.1, 0.15) is 18.1 Å². The van der Waals surface area contributed by atoms with Crippen LogP contribution in [-0.4, -0.2) is 23.5 Å². The molecule has 2 rings (SSSR count). The highest BCUT2D eigenvalue weighted by Gasteiger charge is 2.33. The molecule has 0 aliphatic rings. The molecule has 1 aromatic carbocycles. The molecule has 0 aliphatic carbocycles. The Kier molecular flexibility index (Phi) is 4.85. The van der Waals surface area contributed by atoms with Crippen LogP contribution < -0.4 is 0 Å². The maximum Gasteiger partial charge on any atom is 0.406 e. The molecule has 0 radical (unpaired) electrons. The van der Waals surface area contributed by atoms with Crippen molar-refractivity contribution in [3.63, 3.8) is 0 Å². The van der Waals surface area contributed by atoms with Crippen molar-refractivity contribution in [1.82, 2.24) is 4.90 Å². The van der Waals surface area contributed by atoms with Gasteiger partial charge in [0.2, 0.25) is 5.91 Å². The van der Waals surface area contributed by atoms with Crippen LogP contribution in [0.5, 0.6) is 0 Å². The van der Waals surface area contributed by atoms with E-state index in [9.17, 15) is 22.4 Å². The summed E-state index contributed by atoms with van der Waals surface area (Å²) in [6, 6.07) is 8.07. The van der Waals surface area contributed by atoms with Gasteiger partial charge in [-0.05, 0) is 29.8 Å². The third kappa shape index (κ3) is 4.91. The van der Waals surface area contributed by atoms with Gasteiger partial charge < -0.3 is 9.32 Å². The van der Waals surface area contributed by atoms with Crippen LogP contribution in [0.25, 0.3) is 0 Å². The molecule has 0 fully saturated rings. The highest BCUT2D eigenvalue weighted by Crippen LogP contribution is 2.19. The van der Waals surface area contributed by atoms with E-state index < -0.39 is 24.4 Å². The summed E-state index contributed by atoms with van der Waals surface area (Å²) in [7, 11) is 0. The first-order valence-corrected chi connectivity index (χ1v) is 6.45. The Balaban J connectivity index is 2.09. The van der Waals surface area contributed by atoms with E-state index in [1.54, 1.807) is 0 Å². The minimum absolute atomic E-state index is 0.239. The summed E-state index contributed by atoms with van der Waals surface area (Å²) in [5.74, 6) is -0.920. The summed E-state index contributed by atoms with van der Waals surface area (Å²) < 4.78 is 55.6. The van der Waals surface area contributed by atoms with E-state index in [1.807, 2.05) is 0 Å². The SMILES string of the molecule is O=C(Cc1ccc(F)cc1)N(Cc1ccco1)CC(F)(F)F. The van der Waals surface area contributed by atoms with Crippen molar-refractivity contribution in [2.75, 3.05) is 6.54 Å². The summed E-state index contributed by atoms with van der Waals surface area (Å²) in [6.07, 6.45) is -3.42. The molecule has 1 amide bonds. The van der Waals surface area contributed by atoms with Crippen molar-refractivity contribution in [2.45, 2.75) is 19.1 Å². The van der Waals surface area contributed by atoms with Crippen LogP contribution in [-0.2, 0) is 17.8 Å². The number of hydrogen-bond acceptors (Lipinski definition) is 2. The van der Waals surface area contributed by atoms with Crippen LogP contribution in [0.15, 0.2) is 47.1 Å². The summed E-state index contributed by atoms with van der Waals surface area (Å²) >= 11 is 0. The minimum Gasteiger partial charge on any atom is -0.467 e. The van der Waals surface area contributed by atoms with Gasteiger partial charge in [-0.25, -0.2) is 4.39 Å². The molecule has 22 heavy (non-hydrogen) atoms. The molecule has 7 heteroatoms. The van der Waals surface area contributed by atoms with E-state index in [4.69, 9.17) is 4.42 Å². The van der Waals surface area contributed by atoms with Crippen LogP contribution in [0, 0.1) is 5.82 Å². The molecular formula is C15H13F4NO2. The van der Waals surface area contributed by atoms with Crippen LogP contribution in [0.3, 0.4) is 0 Å². The number of halogens is 4. The molecule has 0 atom stereocenters. The fraction of sp³-hybridized carbons (Fsp3) is 0.267. The number of rotatable bonds is 5. The Bertz CT molecular complexity index is 605. The lowest BCUT2D eigenvalue weighted by Crippen LogP contribution is -2.39. The first-order valence-electron chi connectivity index (χ1n) is 6.45. The third-order valence-corrected chi connectivity index (χ3v) is 2.92. The first kappa shape index (κ1) is 16.1. The summed E-state index contributed by atoms with van der Waals surface area (Å²) in [5, 5.41) is 0. The second-order valence-corrected chi connectivity index (χ2v) is 4.75. The molecule has 0 N–H and O–H groups in total. The first-order chi connectivity index (χ1) is 10.3. The number of benzene rings is 1. The zero-order valence-electron chi connectivity index (χ0n) is 11.4. The van der Waals surface area contributed by atoms with Gasteiger partial charge in [0.15, 0.2) is 0 Å². The van der Waals surface area contributed by atoms with Crippen molar-refractivity contribution in [3.05, 3.63) is 59.8 Å². The van der Waals surface area contributed by atoms with Crippen molar-refractivity contribution < 1.29 is 26.8 Å². The molecule has 118 valence electrons. The molecule has 3 nitrogen and oxygen atoms in total. The van der Waals surface area contributed by atoms with E-state index >= 15 is 0 Å². The Labute approximate surface area is 124 Å². The van der Waals surface area contributed by atoms with Gasteiger partial charge in [-0.3, -0.25) is 4.79 Å². The number of carbonyl (C=O) groups is 1. The molecule has 1 aromatic heterocycles. The monoisotopic (exact) mass is 315 g/mol. The number of furan rings is 1. The van der Waals surface area contributed by atoms with Gasteiger partial charge in [0.05, 0.1) is 19.2 Å². The maximum absolute atomic E-state index is 12.8. The van der Waals surface area contributed by atoms with Crippen molar-refractivity contribution >= 4 is 5.91 Å². The van der Waals surface area contributed by atoms with Gasteiger partial charge in [0.25, 0.3) is 0 Å². The molecule has 0 unspecified atom stereocenters. The lowest BCUT2D eigenvalue weighted by atomic mass is 10.1. The average Bonchev–Trinajstić information content (AvgIpc) is 2.92. The molecule has 0 aliphatic heterocycles. The lowest BCUT2D eigenvalue weighted by Gasteiger charge is -2.23. The van der Waals surface area contributed by atoms with Crippen LogP contribution in [0.1, 0.15) is 11.3 Å². The second-order valence-electron chi connectivity index (χ2n) is 4.75.